The first-order valence-electron chi connectivity index (χ1n) is 7.78. The van der Waals surface area contributed by atoms with E-state index in [1.165, 1.54) is 12.1 Å². The van der Waals surface area contributed by atoms with Crippen molar-refractivity contribution in [2.45, 2.75) is 37.1 Å². The van der Waals surface area contributed by atoms with Crippen molar-refractivity contribution in [3.05, 3.63) is 28.3 Å². The number of carbonyl (C=O) groups is 1. The van der Waals surface area contributed by atoms with E-state index in [1.54, 1.807) is 6.92 Å². The Morgan fingerprint density at radius 3 is 2.52 bits per heavy atom. The number of hydrogen-bond acceptors (Lipinski definition) is 7. The quantitative estimate of drug-likeness (QED) is 0.334. The summed E-state index contributed by atoms with van der Waals surface area (Å²) in [6.07, 6.45) is 2.30. The van der Waals surface area contributed by atoms with Gasteiger partial charge in [0.2, 0.25) is 5.91 Å². The molecule has 1 atom stereocenters. The van der Waals surface area contributed by atoms with Crippen LogP contribution in [0.5, 0.6) is 0 Å². The monoisotopic (exact) mass is 372 g/mol. The molecule has 10 heteroatoms. The van der Waals surface area contributed by atoms with Gasteiger partial charge in [-0.2, -0.15) is 0 Å². The van der Waals surface area contributed by atoms with Crippen molar-refractivity contribution in [1.29, 1.82) is 0 Å². The minimum absolute atomic E-state index is 0.128. The number of nitro groups is 1. The third kappa shape index (κ3) is 5.98. The molecule has 0 bridgehead atoms. The molecule has 0 aliphatic rings. The maximum absolute atomic E-state index is 12.0. The molecule has 1 aromatic carbocycles. The Hall–Kier alpha value is -2.20. The Morgan fingerprint density at radius 1 is 1.36 bits per heavy atom. The van der Waals surface area contributed by atoms with Crippen LogP contribution in [-0.2, 0) is 14.6 Å². The molecular weight excluding hydrogens is 348 g/mol. The van der Waals surface area contributed by atoms with Crippen LogP contribution in [0.2, 0.25) is 0 Å². The van der Waals surface area contributed by atoms with E-state index in [2.05, 4.69) is 10.6 Å². The van der Waals surface area contributed by atoms with Crippen LogP contribution in [0.3, 0.4) is 0 Å². The number of rotatable bonds is 9. The highest BCUT2D eigenvalue weighted by molar-refractivity contribution is 7.90. The van der Waals surface area contributed by atoms with Crippen LogP contribution in [0, 0.1) is 10.1 Å². The molecule has 1 rings (SSSR count). The Labute approximate surface area is 147 Å². The molecule has 0 fully saturated rings. The first kappa shape index (κ1) is 20.8. The van der Waals surface area contributed by atoms with Gasteiger partial charge in [-0.15, -0.1) is 0 Å². The summed E-state index contributed by atoms with van der Waals surface area (Å²) < 4.78 is 23.0. The van der Waals surface area contributed by atoms with E-state index in [0.29, 0.717) is 6.42 Å². The van der Waals surface area contributed by atoms with Crippen molar-refractivity contribution in [3.8, 4) is 0 Å². The number of sulfone groups is 1. The number of nitrogens with one attached hydrogen (secondary N) is 2. The summed E-state index contributed by atoms with van der Waals surface area (Å²) in [5.41, 5.74) is 4.78. The first-order chi connectivity index (χ1) is 11.5. The van der Waals surface area contributed by atoms with E-state index in [0.717, 1.165) is 18.7 Å². The van der Waals surface area contributed by atoms with E-state index in [1.807, 2.05) is 6.92 Å². The number of nitrogens with two attached hydrogens (primary N) is 1. The summed E-state index contributed by atoms with van der Waals surface area (Å²) in [6.45, 7) is 4.03. The van der Waals surface area contributed by atoms with Crippen molar-refractivity contribution in [2.24, 2.45) is 5.73 Å². The summed E-state index contributed by atoms with van der Waals surface area (Å²) in [5, 5.41) is 16.6. The fraction of sp³-hybridized carbons (Fsp3) is 0.533. The van der Waals surface area contributed by atoms with Crippen molar-refractivity contribution in [3.63, 3.8) is 0 Å². The van der Waals surface area contributed by atoms with E-state index >= 15 is 0 Å². The van der Waals surface area contributed by atoms with Crippen molar-refractivity contribution in [2.75, 3.05) is 24.7 Å². The minimum atomic E-state index is -3.54. The molecule has 0 aliphatic heterocycles. The maximum Gasteiger partial charge on any atom is 0.293 e. The Balaban J connectivity index is 2.72. The fourth-order valence-electron chi connectivity index (χ4n) is 2.25. The Bertz CT molecular complexity index is 746. The molecule has 0 saturated carbocycles. The summed E-state index contributed by atoms with van der Waals surface area (Å²) in [6, 6.07) is 3.64. The average Bonchev–Trinajstić information content (AvgIpc) is 2.50. The number of amides is 1. The standard InChI is InChI=1S/C15H24N4O5S/c1-4-7-15(2,16)14(20)18-9-8-17-12-6-5-11(25(3,23)24)10-13(12)19(21)22/h5-6,10,17H,4,7-9,16H2,1-3H3,(H,18,20). The third-order valence-corrected chi connectivity index (χ3v) is 4.72. The van der Waals surface area contributed by atoms with Crippen molar-refractivity contribution < 1.29 is 18.1 Å². The number of benzene rings is 1. The van der Waals surface area contributed by atoms with Crippen molar-refractivity contribution in [1.82, 2.24) is 5.32 Å². The van der Waals surface area contributed by atoms with E-state index in [-0.39, 0.29) is 35.3 Å². The molecule has 1 aromatic rings. The van der Waals surface area contributed by atoms with Crippen LogP contribution in [0.1, 0.15) is 26.7 Å². The highest BCUT2D eigenvalue weighted by Crippen LogP contribution is 2.27. The number of nitro benzene ring substituents is 1. The molecule has 0 aromatic heterocycles. The van der Waals surface area contributed by atoms with Gasteiger partial charge in [-0.05, 0) is 25.5 Å². The molecule has 9 nitrogen and oxygen atoms in total. The van der Waals surface area contributed by atoms with Gasteiger partial charge in [0.15, 0.2) is 9.84 Å². The number of anilines is 1. The van der Waals surface area contributed by atoms with Gasteiger partial charge < -0.3 is 16.4 Å². The van der Waals surface area contributed by atoms with E-state index in [4.69, 9.17) is 5.73 Å². The van der Waals surface area contributed by atoms with Gasteiger partial charge in [-0.25, -0.2) is 8.42 Å². The zero-order valence-electron chi connectivity index (χ0n) is 14.5. The minimum Gasteiger partial charge on any atom is -0.378 e. The van der Waals surface area contributed by atoms with Crippen LogP contribution >= 0.6 is 0 Å². The number of hydrogen-bond donors (Lipinski definition) is 3. The van der Waals surface area contributed by atoms with E-state index < -0.39 is 20.3 Å². The summed E-state index contributed by atoms with van der Waals surface area (Å²) in [5.74, 6) is -0.293. The van der Waals surface area contributed by atoms with Crippen LogP contribution in [-0.4, -0.2) is 44.1 Å². The smallest absolute Gasteiger partial charge is 0.293 e. The molecule has 140 valence electrons. The largest absolute Gasteiger partial charge is 0.378 e. The first-order valence-corrected chi connectivity index (χ1v) is 9.67. The highest BCUT2D eigenvalue weighted by Gasteiger charge is 2.26. The molecule has 0 aliphatic carbocycles. The SMILES string of the molecule is CCCC(C)(N)C(=O)NCCNc1ccc(S(C)(=O)=O)cc1[N+](=O)[O-]. The summed E-state index contributed by atoms with van der Waals surface area (Å²) >= 11 is 0. The van der Waals surface area contributed by atoms with E-state index in [9.17, 15) is 23.3 Å². The second-order valence-electron chi connectivity index (χ2n) is 6.06. The van der Waals surface area contributed by atoms with Gasteiger partial charge in [0.25, 0.3) is 5.69 Å². The van der Waals surface area contributed by atoms with Gasteiger partial charge in [0, 0.05) is 25.4 Å². The van der Waals surface area contributed by atoms with Crippen LogP contribution in [0.15, 0.2) is 23.1 Å². The van der Waals surface area contributed by atoms with Crippen LogP contribution in [0.25, 0.3) is 0 Å². The molecule has 0 heterocycles. The lowest BCUT2D eigenvalue weighted by Gasteiger charge is -2.22. The van der Waals surface area contributed by atoms with Crippen molar-refractivity contribution >= 4 is 27.1 Å². The topological polar surface area (TPSA) is 144 Å². The van der Waals surface area contributed by atoms with Gasteiger partial charge >= 0.3 is 0 Å². The maximum atomic E-state index is 12.0. The highest BCUT2D eigenvalue weighted by atomic mass is 32.2. The second-order valence-corrected chi connectivity index (χ2v) is 8.07. The Kier molecular flexibility index (Phi) is 6.88. The molecule has 0 saturated heterocycles. The fourth-order valence-corrected chi connectivity index (χ4v) is 2.89. The van der Waals surface area contributed by atoms with Crippen LogP contribution in [0.4, 0.5) is 11.4 Å². The predicted octanol–water partition coefficient (Wildman–Crippen LogP) is 1.04. The lowest BCUT2D eigenvalue weighted by Crippen LogP contribution is -2.52. The van der Waals surface area contributed by atoms with Gasteiger partial charge in [0.1, 0.15) is 5.69 Å². The zero-order chi connectivity index (χ0) is 19.3. The molecule has 0 spiro atoms. The molecule has 0 radical (unpaired) electrons. The average molecular weight is 372 g/mol. The molecule has 4 N–H and O–H groups in total. The molecule has 25 heavy (non-hydrogen) atoms. The Morgan fingerprint density at radius 2 is 2.00 bits per heavy atom. The van der Waals surface area contributed by atoms with Gasteiger partial charge in [-0.1, -0.05) is 13.3 Å². The summed E-state index contributed by atoms with van der Waals surface area (Å²) in [7, 11) is -3.54. The normalized spacial score (nSPS) is 13.8. The molecular formula is C15H24N4O5S. The van der Waals surface area contributed by atoms with Crippen LogP contribution < -0.4 is 16.4 Å². The number of carbonyl (C=O) groups excluding carboxylic acids is 1. The molecule has 1 unspecified atom stereocenters. The lowest BCUT2D eigenvalue weighted by molar-refractivity contribution is -0.384. The number of nitrogens with zero attached hydrogens (tertiary/aromatic N) is 1. The third-order valence-electron chi connectivity index (χ3n) is 3.61. The van der Waals surface area contributed by atoms with Gasteiger partial charge in [-0.3, -0.25) is 14.9 Å². The predicted molar refractivity (Wildman–Crippen MR) is 95.2 cm³/mol. The second kappa shape index (κ2) is 8.26. The lowest BCUT2D eigenvalue weighted by atomic mass is 9.97. The van der Waals surface area contributed by atoms with Gasteiger partial charge in [0.05, 0.1) is 15.4 Å². The molecule has 1 amide bonds. The zero-order valence-corrected chi connectivity index (χ0v) is 15.4. The summed E-state index contributed by atoms with van der Waals surface area (Å²) in [4.78, 5) is 22.3.